The van der Waals surface area contributed by atoms with Crippen LogP contribution in [0.4, 0.5) is 0 Å². The molecule has 5 rings (SSSR count). The van der Waals surface area contributed by atoms with Gasteiger partial charge in [-0.3, -0.25) is 18.9 Å². The number of benzene rings is 2. The number of hydrogen-bond acceptors (Lipinski definition) is 4. The first-order chi connectivity index (χ1) is 15.5. The molecule has 0 bridgehead atoms. The van der Waals surface area contributed by atoms with Gasteiger partial charge >= 0.3 is 5.69 Å². The molecule has 0 saturated heterocycles. The number of hydrogen-bond donors (Lipinski definition) is 1. The number of aromatic nitrogens is 6. The normalized spacial score (nSPS) is 11.6. The molecule has 3 aromatic heterocycles. The van der Waals surface area contributed by atoms with Crippen molar-refractivity contribution in [3.63, 3.8) is 0 Å². The second-order valence-electron chi connectivity index (χ2n) is 7.87. The molecule has 32 heavy (non-hydrogen) atoms. The summed E-state index contributed by atoms with van der Waals surface area (Å²) < 4.78 is 5.03. The van der Waals surface area contributed by atoms with Crippen LogP contribution in [0, 0.1) is 0 Å². The van der Waals surface area contributed by atoms with Gasteiger partial charge in [-0.2, -0.15) is 10.1 Å². The molecule has 0 aliphatic carbocycles. The molecule has 0 saturated carbocycles. The van der Waals surface area contributed by atoms with E-state index in [1.165, 1.54) is 4.57 Å². The molecule has 0 spiro atoms. The highest BCUT2D eigenvalue weighted by atomic mass is 16.2. The van der Waals surface area contributed by atoms with E-state index in [1.54, 1.807) is 11.7 Å². The summed E-state index contributed by atoms with van der Waals surface area (Å²) in [7, 11) is 1.61. The Morgan fingerprint density at radius 3 is 2.56 bits per heavy atom. The minimum Gasteiger partial charge on any atom is -0.298 e. The van der Waals surface area contributed by atoms with Crippen molar-refractivity contribution in [2.75, 3.05) is 0 Å². The zero-order valence-corrected chi connectivity index (χ0v) is 18.3. The fourth-order valence-electron chi connectivity index (χ4n) is 4.21. The van der Waals surface area contributed by atoms with Crippen molar-refractivity contribution in [3.05, 3.63) is 86.3 Å². The average molecular weight is 428 g/mol. The van der Waals surface area contributed by atoms with Gasteiger partial charge < -0.3 is 0 Å². The van der Waals surface area contributed by atoms with E-state index in [0.717, 1.165) is 40.6 Å². The summed E-state index contributed by atoms with van der Waals surface area (Å²) in [5, 5.41) is 6.98. The minimum atomic E-state index is -0.491. The van der Waals surface area contributed by atoms with Crippen molar-refractivity contribution in [1.29, 1.82) is 0 Å². The van der Waals surface area contributed by atoms with Crippen molar-refractivity contribution >= 4 is 21.9 Å². The van der Waals surface area contributed by atoms with Crippen LogP contribution in [0.1, 0.15) is 30.8 Å². The van der Waals surface area contributed by atoms with E-state index in [-0.39, 0.29) is 0 Å². The van der Waals surface area contributed by atoms with Gasteiger partial charge in [-0.05, 0) is 35.2 Å². The molecule has 162 valence electrons. The number of nitrogens with one attached hydrogen (secondary N) is 1. The molecule has 8 heteroatoms. The molecule has 1 N–H and O–H groups in total. The van der Waals surface area contributed by atoms with Crippen molar-refractivity contribution in [2.45, 2.75) is 33.2 Å². The Labute approximate surface area is 183 Å². The Bertz CT molecular complexity index is 1580. The molecule has 0 radical (unpaired) electrons. The summed E-state index contributed by atoms with van der Waals surface area (Å²) in [5.41, 5.74) is 2.75. The van der Waals surface area contributed by atoms with E-state index in [2.05, 4.69) is 49.2 Å². The van der Waals surface area contributed by atoms with Crippen LogP contribution in [0.3, 0.4) is 0 Å². The van der Waals surface area contributed by atoms with Gasteiger partial charge in [0.15, 0.2) is 11.2 Å². The molecule has 0 aliphatic heterocycles. The highest BCUT2D eigenvalue weighted by Crippen LogP contribution is 2.24. The van der Waals surface area contributed by atoms with E-state index in [0.29, 0.717) is 23.7 Å². The van der Waals surface area contributed by atoms with Crippen LogP contribution in [0.25, 0.3) is 27.9 Å². The Morgan fingerprint density at radius 1 is 1.00 bits per heavy atom. The van der Waals surface area contributed by atoms with Gasteiger partial charge in [0, 0.05) is 12.7 Å². The van der Waals surface area contributed by atoms with Gasteiger partial charge in [-0.15, -0.1) is 0 Å². The molecule has 0 unspecified atom stereocenters. The van der Waals surface area contributed by atoms with Crippen molar-refractivity contribution in [3.8, 4) is 5.95 Å². The van der Waals surface area contributed by atoms with E-state index in [4.69, 9.17) is 10.1 Å². The summed E-state index contributed by atoms with van der Waals surface area (Å²) in [5.74, 6) is 0.524. The van der Waals surface area contributed by atoms with Gasteiger partial charge in [0.05, 0.1) is 12.2 Å². The second-order valence-corrected chi connectivity index (χ2v) is 7.87. The molecule has 0 aliphatic rings. The van der Waals surface area contributed by atoms with E-state index in [9.17, 15) is 9.59 Å². The lowest BCUT2D eigenvalue weighted by Gasteiger charge is -2.12. The lowest BCUT2D eigenvalue weighted by Crippen LogP contribution is -2.29. The monoisotopic (exact) mass is 428 g/mol. The van der Waals surface area contributed by atoms with Crippen molar-refractivity contribution < 1.29 is 0 Å². The molecular weight excluding hydrogens is 404 g/mol. The Morgan fingerprint density at radius 2 is 1.78 bits per heavy atom. The van der Waals surface area contributed by atoms with E-state index in [1.807, 2.05) is 22.8 Å². The number of nitrogens with zero attached hydrogens (tertiary/aromatic N) is 5. The molecule has 0 fully saturated rings. The maximum absolute atomic E-state index is 12.9. The summed E-state index contributed by atoms with van der Waals surface area (Å²) >= 11 is 0. The Kier molecular flexibility index (Phi) is 4.77. The number of rotatable bonds is 5. The summed E-state index contributed by atoms with van der Waals surface area (Å²) in [6.07, 6.45) is 1.56. The van der Waals surface area contributed by atoms with E-state index < -0.39 is 11.2 Å². The number of aryl methyl sites for hydroxylation is 3. The topological polar surface area (TPSA) is 90.5 Å². The third-order valence-corrected chi connectivity index (χ3v) is 5.94. The lowest BCUT2D eigenvalue weighted by molar-refractivity contribution is 0.688. The second kappa shape index (κ2) is 7.64. The van der Waals surface area contributed by atoms with Crippen LogP contribution in [-0.4, -0.2) is 28.9 Å². The molecule has 2 aromatic carbocycles. The molecular formula is C24H24N6O2. The standard InChI is InChI=1S/C24H24N6O2/c1-4-17-13-18(5-2)30(27-17)23-25-21-20(22(31)26-24(32)28(21)3)29(23)14-16-11-8-10-15-9-6-7-12-19(15)16/h6-13H,4-5,14H2,1-3H3,(H,26,31,32). The van der Waals surface area contributed by atoms with Crippen LogP contribution < -0.4 is 11.2 Å². The summed E-state index contributed by atoms with van der Waals surface area (Å²) in [4.78, 5) is 32.3. The SMILES string of the molecule is CCc1cc(CC)n(-c2nc3c(c(=O)[nH]c(=O)n3C)n2Cc2cccc3ccccc23)n1. The van der Waals surface area contributed by atoms with Crippen molar-refractivity contribution in [2.24, 2.45) is 7.05 Å². The average Bonchev–Trinajstić information content (AvgIpc) is 3.39. The van der Waals surface area contributed by atoms with Gasteiger partial charge in [-0.25, -0.2) is 9.48 Å². The number of imidazole rings is 1. The zero-order valence-electron chi connectivity index (χ0n) is 18.3. The molecule has 3 heterocycles. The van der Waals surface area contributed by atoms with Crippen molar-refractivity contribution in [1.82, 2.24) is 28.9 Å². The smallest absolute Gasteiger partial charge is 0.298 e. The van der Waals surface area contributed by atoms with Gasteiger partial charge in [0.1, 0.15) is 0 Å². The number of fused-ring (bicyclic) bond motifs is 2. The van der Waals surface area contributed by atoms with Crippen LogP contribution in [0.2, 0.25) is 0 Å². The molecule has 0 atom stereocenters. The minimum absolute atomic E-state index is 0.338. The van der Waals surface area contributed by atoms with E-state index >= 15 is 0 Å². The highest BCUT2D eigenvalue weighted by Gasteiger charge is 2.21. The van der Waals surface area contributed by atoms with Crippen LogP contribution in [0.15, 0.2) is 58.1 Å². The quantitative estimate of drug-likeness (QED) is 0.466. The first-order valence-corrected chi connectivity index (χ1v) is 10.8. The van der Waals surface area contributed by atoms with Gasteiger partial charge in [0.2, 0.25) is 5.95 Å². The fourth-order valence-corrected chi connectivity index (χ4v) is 4.21. The molecule has 5 aromatic rings. The number of aromatic amines is 1. The summed E-state index contributed by atoms with van der Waals surface area (Å²) in [6, 6.07) is 16.3. The van der Waals surface area contributed by atoms with Crippen LogP contribution >= 0.6 is 0 Å². The zero-order chi connectivity index (χ0) is 22.4. The Balaban J connectivity index is 1.83. The highest BCUT2D eigenvalue weighted by molar-refractivity contribution is 5.86. The maximum Gasteiger partial charge on any atom is 0.329 e. The van der Waals surface area contributed by atoms with Gasteiger partial charge in [-0.1, -0.05) is 56.3 Å². The van der Waals surface area contributed by atoms with Crippen LogP contribution in [-0.2, 0) is 26.4 Å². The lowest BCUT2D eigenvalue weighted by atomic mass is 10.0. The number of H-pyrrole nitrogens is 1. The predicted molar refractivity (Wildman–Crippen MR) is 125 cm³/mol. The first-order valence-electron chi connectivity index (χ1n) is 10.8. The largest absolute Gasteiger partial charge is 0.329 e. The Hall–Kier alpha value is -3.94. The molecule has 0 amide bonds. The third-order valence-electron chi connectivity index (χ3n) is 5.94. The molecule has 8 nitrogen and oxygen atoms in total. The first kappa shape index (κ1) is 20.0. The fraction of sp³-hybridized carbons (Fsp3) is 0.250. The third kappa shape index (κ3) is 3.07. The van der Waals surface area contributed by atoms with Gasteiger partial charge in [0.25, 0.3) is 5.56 Å². The summed E-state index contributed by atoms with van der Waals surface area (Å²) in [6.45, 7) is 4.53. The van der Waals surface area contributed by atoms with Crippen LogP contribution in [0.5, 0.6) is 0 Å². The predicted octanol–water partition coefficient (Wildman–Crippen LogP) is 2.94. The maximum atomic E-state index is 12.9.